The third-order valence-corrected chi connectivity index (χ3v) is 3.89. The minimum atomic E-state index is -0.739. The zero-order valence-electron chi connectivity index (χ0n) is 9.74. The standard InChI is InChI=1S/C12H18O5/c1-2-3-6(13)10-7-5(4-16-10)8(14)11-12(17-11)9(7)15/h6,8-15H,2-4H2,1H3/t6-,8+,9-,10-,11+,12-/m0/s1. The number of ether oxygens (including phenoxy) is 2. The van der Waals surface area contributed by atoms with E-state index in [9.17, 15) is 15.3 Å². The Labute approximate surface area is 99.7 Å². The Bertz CT molecular complexity index is 353. The van der Waals surface area contributed by atoms with Crippen molar-refractivity contribution in [1.82, 2.24) is 0 Å². The lowest BCUT2D eigenvalue weighted by Gasteiger charge is -2.26. The van der Waals surface area contributed by atoms with Crippen LogP contribution in [0.5, 0.6) is 0 Å². The average molecular weight is 242 g/mol. The van der Waals surface area contributed by atoms with E-state index in [-0.39, 0.29) is 18.8 Å². The second-order valence-electron chi connectivity index (χ2n) is 5.02. The van der Waals surface area contributed by atoms with Crippen molar-refractivity contribution in [2.45, 2.75) is 56.4 Å². The van der Waals surface area contributed by atoms with Crippen molar-refractivity contribution in [2.24, 2.45) is 0 Å². The average Bonchev–Trinajstić information content (AvgIpc) is 2.98. The van der Waals surface area contributed by atoms with E-state index in [1.54, 1.807) is 0 Å². The highest BCUT2D eigenvalue weighted by molar-refractivity contribution is 5.39. The molecule has 1 saturated heterocycles. The fourth-order valence-corrected chi connectivity index (χ4v) is 2.93. The maximum atomic E-state index is 10.1. The summed E-state index contributed by atoms with van der Waals surface area (Å²) in [6.45, 7) is 2.27. The molecule has 0 unspecified atom stereocenters. The Morgan fingerprint density at radius 1 is 1.29 bits per heavy atom. The van der Waals surface area contributed by atoms with Crippen LogP contribution in [0.2, 0.25) is 0 Å². The summed E-state index contributed by atoms with van der Waals surface area (Å²) in [6, 6.07) is 0. The van der Waals surface area contributed by atoms with Crippen LogP contribution in [0.4, 0.5) is 0 Å². The quantitative estimate of drug-likeness (QED) is 0.452. The predicted molar refractivity (Wildman–Crippen MR) is 58.4 cm³/mol. The fraction of sp³-hybridized carbons (Fsp3) is 0.833. The summed E-state index contributed by atoms with van der Waals surface area (Å²) in [5.41, 5.74) is 1.36. The van der Waals surface area contributed by atoms with Crippen LogP contribution in [0.3, 0.4) is 0 Å². The Hall–Kier alpha value is -0.460. The lowest BCUT2D eigenvalue weighted by molar-refractivity contribution is -0.00843. The second-order valence-corrected chi connectivity index (χ2v) is 5.02. The van der Waals surface area contributed by atoms with Crippen molar-refractivity contribution in [3.63, 3.8) is 0 Å². The van der Waals surface area contributed by atoms with Crippen molar-refractivity contribution in [2.75, 3.05) is 6.61 Å². The van der Waals surface area contributed by atoms with Crippen molar-refractivity contribution in [3.05, 3.63) is 11.1 Å². The predicted octanol–water partition coefficient (Wildman–Crippen LogP) is -0.654. The van der Waals surface area contributed by atoms with Gasteiger partial charge < -0.3 is 24.8 Å². The van der Waals surface area contributed by atoms with Crippen LogP contribution in [-0.4, -0.2) is 58.6 Å². The van der Waals surface area contributed by atoms with Gasteiger partial charge in [-0.05, 0) is 17.6 Å². The first-order valence-electron chi connectivity index (χ1n) is 6.19. The van der Waals surface area contributed by atoms with E-state index >= 15 is 0 Å². The van der Waals surface area contributed by atoms with Gasteiger partial charge in [0.05, 0.1) is 12.7 Å². The molecule has 3 aliphatic rings. The largest absolute Gasteiger partial charge is 0.390 e. The van der Waals surface area contributed by atoms with E-state index in [2.05, 4.69) is 0 Å². The Balaban J connectivity index is 1.85. The first-order valence-corrected chi connectivity index (χ1v) is 6.19. The van der Waals surface area contributed by atoms with E-state index in [0.29, 0.717) is 17.6 Å². The normalized spacial score (nSPS) is 45.5. The number of aliphatic hydroxyl groups excluding tert-OH is 3. The van der Waals surface area contributed by atoms with Crippen LogP contribution in [0, 0.1) is 0 Å². The van der Waals surface area contributed by atoms with Crippen LogP contribution in [0.15, 0.2) is 11.1 Å². The molecule has 5 nitrogen and oxygen atoms in total. The van der Waals surface area contributed by atoms with E-state index in [1.165, 1.54) is 0 Å². The molecule has 2 aliphatic heterocycles. The van der Waals surface area contributed by atoms with Crippen molar-refractivity contribution in [3.8, 4) is 0 Å². The Morgan fingerprint density at radius 2 is 2.00 bits per heavy atom. The van der Waals surface area contributed by atoms with Gasteiger partial charge in [0, 0.05) is 0 Å². The summed E-state index contributed by atoms with van der Waals surface area (Å²) in [7, 11) is 0. The molecule has 0 amide bonds. The van der Waals surface area contributed by atoms with Gasteiger partial charge in [0.1, 0.15) is 30.5 Å². The zero-order chi connectivity index (χ0) is 12.2. The number of fused-ring (bicyclic) bond motifs is 1. The molecule has 3 rings (SSSR count). The molecule has 2 heterocycles. The van der Waals surface area contributed by atoms with Crippen LogP contribution in [0.1, 0.15) is 19.8 Å². The maximum Gasteiger partial charge on any atom is 0.117 e. The van der Waals surface area contributed by atoms with Gasteiger partial charge >= 0.3 is 0 Å². The Morgan fingerprint density at radius 3 is 2.71 bits per heavy atom. The fourth-order valence-electron chi connectivity index (χ4n) is 2.93. The summed E-state index contributed by atoms with van der Waals surface area (Å²) in [4.78, 5) is 0. The van der Waals surface area contributed by atoms with Gasteiger partial charge in [-0.25, -0.2) is 0 Å². The molecular formula is C12H18O5. The highest BCUT2D eigenvalue weighted by Gasteiger charge is 2.58. The summed E-state index contributed by atoms with van der Waals surface area (Å²) in [5, 5.41) is 30.1. The molecule has 0 saturated carbocycles. The molecule has 0 aromatic carbocycles. The number of hydrogen-bond donors (Lipinski definition) is 3. The molecule has 0 spiro atoms. The molecule has 0 aromatic rings. The summed E-state index contributed by atoms with van der Waals surface area (Å²) in [6.07, 6.45) is -1.65. The third-order valence-electron chi connectivity index (χ3n) is 3.89. The van der Waals surface area contributed by atoms with Gasteiger partial charge in [-0.1, -0.05) is 13.3 Å². The first-order chi connectivity index (χ1) is 8.15. The molecule has 1 fully saturated rings. The molecule has 96 valence electrons. The molecule has 5 heteroatoms. The molecule has 3 N–H and O–H groups in total. The first kappa shape index (κ1) is 11.6. The lowest BCUT2D eigenvalue weighted by Crippen LogP contribution is -2.39. The van der Waals surface area contributed by atoms with Gasteiger partial charge in [-0.15, -0.1) is 0 Å². The molecule has 0 bridgehead atoms. The number of epoxide rings is 1. The molecule has 17 heavy (non-hydrogen) atoms. The van der Waals surface area contributed by atoms with E-state index in [0.717, 1.165) is 6.42 Å². The van der Waals surface area contributed by atoms with E-state index in [1.807, 2.05) is 6.92 Å². The van der Waals surface area contributed by atoms with E-state index < -0.39 is 24.4 Å². The summed E-state index contributed by atoms with van der Waals surface area (Å²) < 4.78 is 10.8. The van der Waals surface area contributed by atoms with Crippen molar-refractivity contribution >= 4 is 0 Å². The highest BCUT2D eigenvalue weighted by atomic mass is 16.6. The number of rotatable bonds is 3. The smallest absolute Gasteiger partial charge is 0.117 e. The van der Waals surface area contributed by atoms with Crippen LogP contribution in [-0.2, 0) is 9.47 Å². The summed E-state index contributed by atoms with van der Waals surface area (Å²) in [5.74, 6) is 0. The highest BCUT2D eigenvalue weighted by Crippen LogP contribution is 2.45. The van der Waals surface area contributed by atoms with Gasteiger partial charge in [0.2, 0.25) is 0 Å². The Kier molecular flexibility index (Phi) is 2.76. The third kappa shape index (κ3) is 1.65. The van der Waals surface area contributed by atoms with E-state index in [4.69, 9.17) is 9.47 Å². The molecule has 0 radical (unpaired) electrons. The summed E-state index contributed by atoms with van der Waals surface area (Å²) >= 11 is 0. The van der Waals surface area contributed by atoms with Gasteiger partial charge in [-0.2, -0.15) is 0 Å². The van der Waals surface area contributed by atoms with Crippen LogP contribution >= 0.6 is 0 Å². The lowest BCUT2D eigenvalue weighted by atomic mass is 9.84. The second kappa shape index (κ2) is 4.03. The topological polar surface area (TPSA) is 82.5 Å². The molecule has 1 aliphatic carbocycles. The number of hydrogen-bond acceptors (Lipinski definition) is 5. The molecule has 0 aromatic heterocycles. The van der Waals surface area contributed by atoms with Crippen LogP contribution in [0.25, 0.3) is 0 Å². The monoisotopic (exact) mass is 242 g/mol. The van der Waals surface area contributed by atoms with Crippen molar-refractivity contribution in [1.29, 1.82) is 0 Å². The molecular weight excluding hydrogens is 224 g/mol. The zero-order valence-corrected chi connectivity index (χ0v) is 9.74. The van der Waals surface area contributed by atoms with Gasteiger partial charge in [0.25, 0.3) is 0 Å². The number of aliphatic hydroxyl groups is 3. The van der Waals surface area contributed by atoms with Gasteiger partial charge in [0.15, 0.2) is 0 Å². The maximum absolute atomic E-state index is 10.1. The molecule has 6 atom stereocenters. The van der Waals surface area contributed by atoms with Gasteiger partial charge in [-0.3, -0.25) is 0 Å². The SMILES string of the molecule is CCC[C@H](O)[C@@H]1OCC2=C1[C@H](O)[C@@H]1O[C@@H]1[C@@H]2O. The minimum absolute atomic E-state index is 0.283. The van der Waals surface area contributed by atoms with Crippen molar-refractivity contribution < 1.29 is 24.8 Å². The van der Waals surface area contributed by atoms with Crippen LogP contribution < -0.4 is 0 Å². The minimum Gasteiger partial charge on any atom is -0.390 e.